The summed E-state index contributed by atoms with van der Waals surface area (Å²) in [6.07, 6.45) is 3.01. The van der Waals surface area contributed by atoms with Crippen LogP contribution in [0.1, 0.15) is 40.0 Å². The molecule has 0 aromatic rings. The van der Waals surface area contributed by atoms with Crippen molar-refractivity contribution in [1.29, 1.82) is 0 Å². The molecule has 0 spiro atoms. The van der Waals surface area contributed by atoms with Gasteiger partial charge in [0.1, 0.15) is 0 Å². The molecule has 3 atom stereocenters. The molecule has 0 aliphatic heterocycles. The minimum Gasteiger partial charge on any atom is -0.343 e. The number of nitrogens with two attached hydrogens (primary N) is 1. The Labute approximate surface area is 93.0 Å². The van der Waals surface area contributed by atoms with Gasteiger partial charge in [-0.1, -0.05) is 6.92 Å². The van der Waals surface area contributed by atoms with Gasteiger partial charge in [-0.05, 0) is 39.0 Å². The molecule has 0 aromatic carbocycles. The lowest BCUT2D eigenvalue weighted by Gasteiger charge is -2.35. The number of carbonyl (C=O) groups is 1. The van der Waals surface area contributed by atoms with Crippen molar-refractivity contribution in [2.75, 3.05) is 7.05 Å². The van der Waals surface area contributed by atoms with Crippen LogP contribution in [0.3, 0.4) is 0 Å². The molecule has 1 amide bonds. The van der Waals surface area contributed by atoms with E-state index in [-0.39, 0.29) is 23.9 Å². The number of rotatable bonds is 2. The molecule has 1 aliphatic carbocycles. The molecule has 1 aliphatic rings. The Morgan fingerprint density at radius 1 is 1.40 bits per heavy atom. The summed E-state index contributed by atoms with van der Waals surface area (Å²) in [6.45, 7) is 6.26. The summed E-state index contributed by atoms with van der Waals surface area (Å²) in [5.74, 6) is 0.896. The van der Waals surface area contributed by atoms with Crippen LogP contribution in [0.2, 0.25) is 0 Å². The highest BCUT2D eigenvalue weighted by atomic mass is 16.2. The Kier molecular flexibility index (Phi) is 4.14. The number of hydrogen-bond donors (Lipinski definition) is 1. The van der Waals surface area contributed by atoms with E-state index in [1.807, 2.05) is 25.8 Å². The van der Waals surface area contributed by atoms with Gasteiger partial charge in [-0.15, -0.1) is 0 Å². The zero-order valence-electron chi connectivity index (χ0n) is 10.4. The van der Waals surface area contributed by atoms with E-state index < -0.39 is 0 Å². The highest BCUT2D eigenvalue weighted by Gasteiger charge is 2.33. The Morgan fingerprint density at radius 3 is 2.53 bits per heavy atom. The van der Waals surface area contributed by atoms with Crippen LogP contribution >= 0.6 is 0 Å². The second kappa shape index (κ2) is 4.97. The molecule has 1 fully saturated rings. The fourth-order valence-corrected chi connectivity index (χ4v) is 2.21. The smallest absolute Gasteiger partial charge is 0.225 e. The van der Waals surface area contributed by atoms with Crippen molar-refractivity contribution >= 4 is 5.91 Å². The molecular weight excluding hydrogens is 188 g/mol. The van der Waals surface area contributed by atoms with Gasteiger partial charge in [0.05, 0.1) is 0 Å². The summed E-state index contributed by atoms with van der Waals surface area (Å²) in [5.41, 5.74) is 5.93. The SMILES string of the molecule is CC1CCC(N)CC1C(=O)N(C)C(C)C. The van der Waals surface area contributed by atoms with Crippen LogP contribution in [0.5, 0.6) is 0 Å². The van der Waals surface area contributed by atoms with Crippen LogP contribution in [0.15, 0.2) is 0 Å². The van der Waals surface area contributed by atoms with Gasteiger partial charge in [0, 0.05) is 25.0 Å². The maximum atomic E-state index is 12.2. The topological polar surface area (TPSA) is 46.3 Å². The summed E-state index contributed by atoms with van der Waals surface area (Å²) < 4.78 is 0. The van der Waals surface area contributed by atoms with Crippen LogP contribution in [-0.2, 0) is 4.79 Å². The Balaban J connectivity index is 2.64. The lowest BCUT2D eigenvalue weighted by molar-refractivity contribution is -0.138. The Bertz CT molecular complexity index is 228. The van der Waals surface area contributed by atoms with Crippen molar-refractivity contribution in [3.8, 4) is 0 Å². The van der Waals surface area contributed by atoms with Crippen LogP contribution in [-0.4, -0.2) is 29.9 Å². The zero-order chi connectivity index (χ0) is 11.6. The van der Waals surface area contributed by atoms with Crippen molar-refractivity contribution in [3.63, 3.8) is 0 Å². The predicted molar refractivity (Wildman–Crippen MR) is 62.4 cm³/mol. The van der Waals surface area contributed by atoms with Gasteiger partial charge >= 0.3 is 0 Å². The molecule has 0 saturated heterocycles. The largest absolute Gasteiger partial charge is 0.343 e. The number of nitrogens with zero attached hydrogens (tertiary/aromatic N) is 1. The monoisotopic (exact) mass is 212 g/mol. The predicted octanol–water partition coefficient (Wildman–Crippen LogP) is 1.62. The molecular formula is C12H24N2O. The van der Waals surface area contributed by atoms with Crippen LogP contribution in [0, 0.1) is 11.8 Å². The van der Waals surface area contributed by atoms with Gasteiger partial charge in [0.2, 0.25) is 5.91 Å². The molecule has 2 N–H and O–H groups in total. The average molecular weight is 212 g/mol. The molecule has 3 heteroatoms. The van der Waals surface area contributed by atoms with E-state index in [1.54, 1.807) is 0 Å². The molecule has 0 bridgehead atoms. The van der Waals surface area contributed by atoms with Gasteiger partial charge in [0.15, 0.2) is 0 Å². The van der Waals surface area contributed by atoms with E-state index in [1.165, 1.54) is 0 Å². The second-order valence-electron chi connectivity index (χ2n) is 5.20. The standard InChI is InChI=1S/C12H24N2O/c1-8(2)14(4)12(15)11-7-10(13)6-5-9(11)3/h8-11H,5-7,13H2,1-4H3. The molecule has 3 unspecified atom stereocenters. The summed E-state index contributed by atoms with van der Waals surface area (Å²) in [7, 11) is 1.89. The zero-order valence-corrected chi connectivity index (χ0v) is 10.4. The lowest BCUT2D eigenvalue weighted by atomic mass is 9.77. The van der Waals surface area contributed by atoms with E-state index in [4.69, 9.17) is 5.73 Å². The number of hydrogen-bond acceptors (Lipinski definition) is 2. The van der Waals surface area contributed by atoms with Gasteiger partial charge in [-0.2, -0.15) is 0 Å². The average Bonchev–Trinajstić information content (AvgIpc) is 2.19. The van der Waals surface area contributed by atoms with E-state index in [0.717, 1.165) is 19.3 Å². The first kappa shape index (κ1) is 12.5. The van der Waals surface area contributed by atoms with Crippen molar-refractivity contribution in [1.82, 2.24) is 4.90 Å². The summed E-state index contributed by atoms with van der Waals surface area (Å²) in [6, 6.07) is 0.499. The molecule has 0 heterocycles. The summed E-state index contributed by atoms with van der Waals surface area (Å²) in [5, 5.41) is 0. The van der Waals surface area contributed by atoms with E-state index in [9.17, 15) is 4.79 Å². The Morgan fingerprint density at radius 2 is 2.00 bits per heavy atom. The molecule has 15 heavy (non-hydrogen) atoms. The third-order valence-corrected chi connectivity index (χ3v) is 3.68. The van der Waals surface area contributed by atoms with Crippen molar-refractivity contribution < 1.29 is 4.79 Å². The van der Waals surface area contributed by atoms with Crippen LogP contribution in [0.25, 0.3) is 0 Å². The maximum Gasteiger partial charge on any atom is 0.225 e. The first-order chi connectivity index (χ1) is 6.93. The fourth-order valence-electron chi connectivity index (χ4n) is 2.21. The van der Waals surface area contributed by atoms with Crippen molar-refractivity contribution in [2.24, 2.45) is 17.6 Å². The van der Waals surface area contributed by atoms with E-state index >= 15 is 0 Å². The lowest BCUT2D eigenvalue weighted by Crippen LogP contribution is -2.44. The first-order valence-electron chi connectivity index (χ1n) is 5.95. The van der Waals surface area contributed by atoms with Crippen molar-refractivity contribution in [3.05, 3.63) is 0 Å². The normalized spacial score (nSPS) is 31.7. The number of amides is 1. The third-order valence-electron chi connectivity index (χ3n) is 3.68. The fraction of sp³-hybridized carbons (Fsp3) is 0.917. The first-order valence-corrected chi connectivity index (χ1v) is 5.95. The highest BCUT2D eigenvalue weighted by molar-refractivity contribution is 5.79. The van der Waals surface area contributed by atoms with Gasteiger partial charge in [-0.3, -0.25) is 4.79 Å². The molecule has 3 nitrogen and oxygen atoms in total. The van der Waals surface area contributed by atoms with Crippen molar-refractivity contribution in [2.45, 2.75) is 52.1 Å². The minimum absolute atomic E-state index is 0.140. The van der Waals surface area contributed by atoms with E-state index in [0.29, 0.717) is 5.92 Å². The highest BCUT2D eigenvalue weighted by Crippen LogP contribution is 2.30. The van der Waals surface area contributed by atoms with Crippen LogP contribution < -0.4 is 5.73 Å². The minimum atomic E-state index is 0.140. The molecule has 1 saturated carbocycles. The van der Waals surface area contributed by atoms with Gasteiger partial charge in [-0.25, -0.2) is 0 Å². The molecule has 88 valence electrons. The van der Waals surface area contributed by atoms with Gasteiger partial charge in [0.25, 0.3) is 0 Å². The van der Waals surface area contributed by atoms with E-state index in [2.05, 4.69) is 6.92 Å². The Hall–Kier alpha value is -0.570. The molecule has 1 rings (SSSR count). The molecule has 0 radical (unpaired) electrons. The third kappa shape index (κ3) is 2.94. The quantitative estimate of drug-likeness (QED) is 0.756. The summed E-state index contributed by atoms with van der Waals surface area (Å²) in [4.78, 5) is 14.0. The molecule has 0 aromatic heterocycles. The van der Waals surface area contributed by atoms with Gasteiger partial charge < -0.3 is 10.6 Å². The summed E-state index contributed by atoms with van der Waals surface area (Å²) >= 11 is 0. The maximum absolute atomic E-state index is 12.2. The second-order valence-corrected chi connectivity index (χ2v) is 5.20. The number of carbonyl (C=O) groups excluding carboxylic acids is 1. The van der Waals surface area contributed by atoms with Crippen LogP contribution in [0.4, 0.5) is 0 Å².